The number of anilines is 1. The summed E-state index contributed by atoms with van der Waals surface area (Å²) in [5.74, 6) is 1.20. The van der Waals surface area contributed by atoms with E-state index in [4.69, 9.17) is 33.3 Å². The van der Waals surface area contributed by atoms with Crippen LogP contribution >= 0.6 is 23.8 Å². The second-order valence-corrected chi connectivity index (χ2v) is 8.30. The summed E-state index contributed by atoms with van der Waals surface area (Å²) in [5.41, 5.74) is 1.45. The van der Waals surface area contributed by atoms with Crippen LogP contribution in [0, 0.1) is 4.77 Å². The van der Waals surface area contributed by atoms with Crippen molar-refractivity contribution in [3.63, 3.8) is 0 Å². The molecule has 0 atom stereocenters. The highest BCUT2D eigenvalue weighted by Gasteiger charge is 2.44. The largest absolute Gasteiger partial charge is 0.448 e. The highest BCUT2D eigenvalue weighted by molar-refractivity contribution is 7.71. The molecule has 2 aromatic carbocycles. The number of hydrogen-bond acceptors (Lipinski definition) is 5. The monoisotopic (exact) mass is 442 g/mol. The third-order valence-corrected chi connectivity index (χ3v) is 5.91. The zero-order valence-electron chi connectivity index (χ0n) is 16.0. The molecule has 5 rings (SSSR count). The zero-order valence-corrected chi connectivity index (χ0v) is 17.6. The molecule has 1 amide bonds. The maximum absolute atomic E-state index is 12.7. The number of carbonyl (C=O) groups is 1. The van der Waals surface area contributed by atoms with E-state index in [0.29, 0.717) is 27.1 Å². The van der Waals surface area contributed by atoms with Gasteiger partial charge in [-0.1, -0.05) is 11.6 Å². The second kappa shape index (κ2) is 7.45. The molecule has 1 saturated carbocycles. The number of fused-ring (bicyclic) bond motifs is 1. The molecule has 9 heteroatoms. The summed E-state index contributed by atoms with van der Waals surface area (Å²) < 4.78 is 14.1. The van der Waals surface area contributed by atoms with Gasteiger partial charge < -0.3 is 14.8 Å². The maximum Gasteiger partial charge on any atom is 0.251 e. The van der Waals surface area contributed by atoms with Crippen LogP contribution in [0.25, 0.3) is 11.4 Å². The van der Waals surface area contributed by atoms with Gasteiger partial charge in [0.1, 0.15) is 6.54 Å². The summed E-state index contributed by atoms with van der Waals surface area (Å²) in [6.45, 7) is 0.0195. The number of nitrogens with zero attached hydrogens (tertiary/aromatic N) is 2. The van der Waals surface area contributed by atoms with Crippen LogP contribution in [0.4, 0.5) is 5.69 Å². The fourth-order valence-electron chi connectivity index (χ4n) is 3.92. The Hall–Kier alpha value is -2.84. The lowest BCUT2D eigenvalue weighted by molar-refractivity contribution is -0.116. The van der Waals surface area contributed by atoms with Crippen molar-refractivity contribution in [3.05, 3.63) is 52.3 Å². The predicted octanol–water partition coefficient (Wildman–Crippen LogP) is 4.94. The van der Waals surface area contributed by atoms with Crippen molar-refractivity contribution >= 4 is 35.4 Å². The molecule has 0 bridgehead atoms. The van der Waals surface area contributed by atoms with Crippen LogP contribution in [-0.2, 0) is 11.3 Å². The summed E-state index contributed by atoms with van der Waals surface area (Å²) in [4.78, 5) is 12.7. The fraction of sp³-hybridized carbons (Fsp3) is 0.286. The van der Waals surface area contributed by atoms with Crippen LogP contribution in [-0.4, -0.2) is 26.5 Å². The molecule has 0 saturated heterocycles. The Morgan fingerprint density at radius 2 is 1.90 bits per heavy atom. The average Bonchev–Trinajstić information content (AvgIpc) is 3.42. The normalized spacial score (nSPS) is 16.2. The summed E-state index contributed by atoms with van der Waals surface area (Å²) in [7, 11) is 0. The van der Waals surface area contributed by atoms with Crippen LogP contribution in [0.15, 0.2) is 42.5 Å². The summed E-state index contributed by atoms with van der Waals surface area (Å²) in [6, 6.07) is 12.6. The van der Waals surface area contributed by atoms with Crippen LogP contribution < -0.4 is 14.8 Å². The van der Waals surface area contributed by atoms with Crippen molar-refractivity contribution in [3.8, 4) is 22.9 Å². The number of benzene rings is 2. The van der Waals surface area contributed by atoms with E-state index < -0.39 is 5.79 Å². The molecule has 1 aromatic heterocycles. The van der Waals surface area contributed by atoms with Crippen molar-refractivity contribution in [2.75, 3.05) is 5.32 Å². The number of ether oxygens (including phenoxy) is 2. The lowest BCUT2D eigenvalue weighted by atomic mass is 10.2. The number of aromatic amines is 1. The lowest BCUT2D eigenvalue weighted by Crippen LogP contribution is -2.34. The van der Waals surface area contributed by atoms with E-state index in [9.17, 15) is 4.79 Å². The van der Waals surface area contributed by atoms with Crippen molar-refractivity contribution in [2.45, 2.75) is 38.0 Å². The van der Waals surface area contributed by atoms with Gasteiger partial charge in [-0.05, 0) is 61.5 Å². The zero-order chi connectivity index (χ0) is 20.7. The summed E-state index contributed by atoms with van der Waals surface area (Å²) >= 11 is 11.3. The van der Waals surface area contributed by atoms with Gasteiger partial charge in [0.05, 0.1) is 0 Å². The van der Waals surface area contributed by atoms with E-state index in [2.05, 4.69) is 15.5 Å². The molecule has 0 radical (unpaired) electrons. The number of hydrogen-bond donors (Lipinski definition) is 2. The van der Waals surface area contributed by atoms with E-state index in [1.54, 1.807) is 22.8 Å². The molecule has 7 nitrogen and oxygen atoms in total. The summed E-state index contributed by atoms with van der Waals surface area (Å²) in [5, 5.41) is 10.5. The Morgan fingerprint density at radius 1 is 1.17 bits per heavy atom. The number of H-pyrrole nitrogens is 1. The van der Waals surface area contributed by atoms with Gasteiger partial charge in [0.25, 0.3) is 5.79 Å². The first kappa shape index (κ1) is 19.1. The average molecular weight is 443 g/mol. The quantitative estimate of drug-likeness (QED) is 0.559. The number of halogens is 1. The van der Waals surface area contributed by atoms with Crippen LogP contribution in [0.3, 0.4) is 0 Å². The van der Waals surface area contributed by atoms with Gasteiger partial charge in [-0.25, -0.2) is 0 Å². The molecule has 1 spiro atoms. The Morgan fingerprint density at radius 3 is 2.67 bits per heavy atom. The van der Waals surface area contributed by atoms with Gasteiger partial charge in [0.2, 0.25) is 5.91 Å². The minimum Gasteiger partial charge on any atom is -0.448 e. The third-order valence-electron chi connectivity index (χ3n) is 5.35. The third kappa shape index (κ3) is 3.57. The molecular formula is C21H19ClN4O3S. The first-order chi connectivity index (χ1) is 14.5. The first-order valence-electron chi connectivity index (χ1n) is 9.74. The standard InChI is InChI=1S/C21H19ClN4O3S/c22-14-5-3-13(4-6-14)19-24-25-20(30)26(19)12-18(27)23-15-7-8-16-17(11-15)29-21(28-16)9-1-2-10-21/h3-8,11H,1-2,9-10,12H2,(H,23,27)(H,25,30). The van der Waals surface area contributed by atoms with E-state index in [1.807, 2.05) is 24.3 Å². The number of amides is 1. The molecular weight excluding hydrogens is 424 g/mol. The predicted molar refractivity (Wildman–Crippen MR) is 115 cm³/mol. The van der Waals surface area contributed by atoms with E-state index in [-0.39, 0.29) is 12.5 Å². The highest BCUT2D eigenvalue weighted by atomic mass is 35.5. The molecule has 2 N–H and O–H groups in total. The van der Waals surface area contributed by atoms with E-state index in [1.165, 1.54) is 0 Å². The molecule has 1 aliphatic heterocycles. The number of aromatic nitrogens is 3. The van der Waals surface area contributed by atoms with Crippen LogP contribution in [0.5, 0.6) is 11.5 Å². The minimum absolute atomic E-state index is 0.0195. The van der Waals surface area contributed by atoms with Crippen molar-refractivity contribution in [2.24, 2.45) is 0 Å². The molecule has 1 fully saturated rings. The van der Waals surface area contributed by atoms with Crippen molar-refractivity contribution in [1.29, 1.82) is 0 Å². The van der Waals surface area contributed by atoms with Crippen LogP contribution in [0.1, 0.15) is 25.7 Å². The van der Waals surface area contributed by atoms with Crippen molar-refractivity contribution < 1.29 is 14.3 Å². The number of nitrogens with one attached hydrogen (secondary N) is 2. The van der Waals surface area contributed by atoms with E-state index >= 15 is 0 Å². The molecule has 3 aromatic rings. The van der Waals surface area contributed by atoms with Gasteiger partial charge in [0.15, 0.2) is 22.1 Å². The molecule has 154 valence electrons. The first-order valence-corrected chi connectivity index (χ1v) is 10.5. The smallest absolute Gasteiger partial charge is 0.251 e. The molecule has 2 heterocycles. The topological polar surface area (TPSA) is 81.2 Å². The van der Waals surface area contributed by atoms with Gasteiger partial charge in [-0.15, -0.1) is 0 Å². The van der Waals surface area contributed by atoms with Gasteiger partial charge in [-0.2, -0.15) is 5.10 Å². The molecule has 2 aliphatic rings. The number of rotatable bonds is 4. The highest BCUT2D eigenvalue weighted by Crippen LogP contribution is 2.47. The summed E-state index contributed by atoms with van der Waals surface area (Å²) in [6.07, 6.45) is 3.96. The lowest BCUT2D eigenvalue weighted by Gasteiger charge is -2.21. The fourth-order valence-corrected chi connectivity index (χ4v) is 4.24. The second-order valence-electron chi connectivity index (χ2n) is 7.48. The van der Waals surface area contributed by atoms with Crippen LogP contribution in [0.2, 0.25) is 5.02 Å². The van der Waals surface area contributed by atoms with E-state index in [0.717, 1.165) is 37.0 Å². The maximum atomic E-state index is 12.7. The Labute approximate surface area is 183 Å². The van der Waals surface area contributed by atoms with Gasteiger partial charge in [0, 0.05) is 35.2 Å². The molecule has 1 aliphatic carbocycles. The van der Waals surface area contributed by atoms with Gasteiger partial charge in [-0.3, -0.25) is 14.5 Å². The van der Waals surface area contributed by atoms with Gasteiger partial charge >= 0.3 is 0 Å². The Balaban J connectivity index is 1.32. The minimum atomic E-state index is -0.525. The number of carbonyl (C=O) groups excluding carboxylic acids is 1. The Kier molecular flexibility index (Phi) is 4.75. The van der Waals surface area contributed by atoms with Crippen molar-refractivity contribution in [1.82, 2.24) is 14.8 Å². The molecule has 0 unspecified atom stereocenters. The Bertz CT molecular complexity index is 1170. The SMILES string of the molecule is O=C(Cn1c(-c2ccc(Cl)cc2)n[nH]c1=S)Nc1ccc2c(c1)OC1(CCCC1)O2. The molecule has 30 heavy (non-hydrogen) atoms.